The first-order valence-electron chi connectivity index (χ1n) is 10.1. The van der Waals surface area contributed by atoms with Crippen LogP contribution in [0.15, 0.2) is 36.5 Å². The van der Waals surface area contributed by atoms with Crippen molar-refractivity contribution in [3.63, 3.8) is 0 Å². The number of hydrogen-bond donors (Lipinski definition) is 1. The summed E-state index contributed by atoms with van der Waals surface area (Å²) in [6.07, 6.45) is 1.90. The smallest absolute Gasteiger partial charge is 0.229 e. The highest BCUT2D eigenvalue weighted by atomic mass is 32.1. The van der Waals surface area contributed by atoms with Gasteiger partial charge in [-0.15, -0.1) is 10.2 Å². The second-order valence-electron chi connectivity index (χ2n) is 7.35. The molecule has 0 saturated carbocycles. The first-order chi connectivity index (χ1) is 15.1. The Balaban J connectivity index is 1.41. The summed E-state index contributed by atoms with van der Waals surface area (Å²) >= 11 is 1.32. The second kappa shape index (κ2) is 9.36. The van der Waals surface area contributed by atoms with E-state index >= 15 is 0 Å². The SMILES string of the molecule is CCOCc1nnc(N2CC(C(=O)N(C)Cc3cn[nH]c3-c3ccccc3)CC2=O)s1. The average molecular weight is 441 g/mol. The van der Waals surface area contributed by atoms with E-state index in [-0.39, 0.29) is 18.2 Å². The lowest BCUT2D eigenvalue weighted by molar-refractivity contribution is -0.135. The van der Waals surface area contributed by atoms with E-state index in [1.165, 1.54) is 11.3 Å². The van der Waals surface area contributed by atoms with Crippen molar-refractivity contribution in [2.45, 2.75) is 26.5 Å². The zero-order chi connectivity index (χ0) is 21.8. The number of benzene rings is 1. The van der Waals surface area contributed by atoms with Crippen LogP contribution in [0, 0.1) is 5.92 Å². The molecular weight excluding hydrogens is 416 g/mol. The van der Waals surface area contributed by atoms with Crippen molar-refractivity contribution >= 4 is 28.3 Å². The minimum Gasteiger partial charge on any atom is -0.374 e. The Morgan fingerprint density at radius 3 is 2.90 bits per heavy atom. The number of carbonyl (C=O) groups excluding carboxylic acids is 2. The Hall–Kier alpha value is -3.11. The quantitative estimate of drug-likeness (QED) is 0.577. The average Bonchev–Trinajstić information content (AvgIpc) is 3.52. The molecule has 1 unspecified atom stereocenters. The van der Waals surface area contributed by atoms with E-state index in [1.807, 2.05) is 37.3 Å². The third-order valence-corrected chi connectivity index (χ3v) is 6.07. The molecule has 1 atom stereocenters. The summed E-state index contributed by atoms with van der Waals surface area (Å²) in [5.74, 6) is -0.599. The number of rotatable bonds is 8. The maximum absolute atomic E-state index is 13.1. The number of H-pyrrole nitrogens is 1. The summed E-state index contributed by atoms with van der Waals surface area (Å²) in [4.78, 5) is 28.8. The normalized spacial score (nSPS) is 16.1. The molecule has 1 aromatic carbocycles. The number of anilines is 1. The van der Waals surface area contributed by atoms with Gasteiger partial charge in [-0.2, -0.15) is 5.10 Å². The fourth-order valence-electron chi connectivity index (χ4n) is 3.59. The molecular formula is C21H24N6O3S. The Labute approximate surface area is 184 Å². The summed E-state index contributed by atoms with van der Waals surface area (Å²) in [6.45, 7) is 3.58. The van der Waals surface area contributed by atoms with Gasteiger partial charge in [-0.05, 0) is 12.5 Å². The summed E-state index contributed by atoms with van der Waals surface area (Å²) < 4.78 is 5.34. The standard InChI is InChI=1S/C21H24N6O3S/c1-3-30-13-17-23-25-21(31-17)27-12-15(9-18(27)28)20(29)26(2)11-16-10-22-24-19(16)14-7-5-4-6-8-14/h4-8,10,15H,3,9,11-13H2,1-2H3,(H,22,24). The van der Waals surface area contributed by atoms with Gasteiger partial charge in [-0.25, -0.2) is 0 Å². The molecule has 3 aromatic rings. The van der Waals surface area contributed by atoms with E-state index in [0.717, 1.165) is 16.8 Å². The van der Waals surface area contributed by atoms with Crippen molar-refractivity contribution in [1.82, 2.24) is 25.3 Å². The van der Waals surface area contributed by atoms with Crippen LogP contribution in [0.1, 0.15) is 23.9 Å². The van der Waals surface area contributed by atoms with Crippen LogP contribution in [0.25, 0.3) is 11.3 Å². The van der Waals surface area contributed by atoms with Gasteiger partial charge >= 0.3 is 0 Å². The fourth-order valence-corrected chi connectivity index (χ4v) is 4.39. The molecule has 4 rings (SSSR count). The highest BCUT2D eigenvalue weighted by molar-refractivity contribution is 7.15. The number of nitrogens with zero attached hydrogens (tertiary/aromatic N) is 5. The Morgan fingerprint density at radius 1 is 1.32 bits per heavy atom. The summed E-state index contributed by atoms with van der Waals surface area (Å²) in [5.41, 5.74) is 2.82. The largest absolute Gasteiger partial charge is 0.374 e. The number of aromatic amines is 1. The van der Waals surface area contributed by atoms with E-state index in [9.17, 15) is 9.59 Å². The maximum atomic E-state index is 13.1. The van der Waals surface area contributed by atoms with E-state index in [1.54, 1.807) is 23.0 Å². The Kier molecular flexibility index (Phi) is 6.38. The van der Waals surface area contributed by atoms with Crippen LogP contribution < -0.4 is 4.90 Å². The van der Waals surface area contributed by atoms with Gasteiger partial charge in [0.05, 0.1) is 17.8 Å². The first-order valence-corrected chi connectivity index (χ1v) is 10.9. The van der Waals surface area contributed by atoms with Crippen molar-refractivity contribution in [3.05, 3.63) is 47.1 Å². The lowest BCUT2D eigenvalue weighted by atomic mass is 10.1. The van der Waals surface area contributed by atoms with Gasteiger partial charge in [-0.3, -0.25) is 19.6 Å². The molecule has 9 nitrogen and oxygen atoms in total. The molecule has 10 heteroatoms. The van der Waals surface area contributed by atoms with Gasteiger partial charge in [0, 0.05) is 38.7 Å². The number of ether oxygens (including phenoxy) is 1. The molecule has 2 aromatic heterocycles. The fraction of sp³-hybridized carbons (Fsp3) is 0.381. The molecule has 0 bridgehead atoms. The molecule has 0 spiro atoms. The van der Waals surface area contributed by atoms with Crippen molar-refractivity contribution in [1.29, 1.82) is 0 Å². The molecule has 1 aliphatic heterocycles. The molecule has 3 heterocycles. The highest BCUT2D eigenvalue weighted by Gasteiger charge is 2.38. The number of carbonyl (C=O) groups is 2. The van der Waals surface area contributed by atoms with Gasteiger partial charge in [0.2, 0.25) is 16.9 Å². The number of hydrogen-bond acceptors (Lipinski definition) is 7. The van der Waals surface area contributed by atoms with Crippen LogP contribution >= 0.6 is 11.3 Å². The molecule has 0 radical (unpaired) electrons. The topological polar surface area (TPSA) is 104 Å². The highest BCUT2D eigenvalue weighted by Crippen LogP contribution is 2.29. The minimum absolute atomic E-state index is 0.0740. The van der Waals surface area contributed by atoms with Crippen LogP contribution in [-0.4, -0.2) is 57.3 Å². The number of amides is 2. The zero-order valence-corrected chi connectivity index (χ0v) is 18.3. The van der Waals surface area contributed by atoms with Gasteiger partial charge in [0.15, 0.2) is 0 Å². The van der Waals surface area contributed by atoms with Crippen molar-refractivity contribution in [2.24, 2.45) is 5.92 Å². The molecule has 1 N–H and O–H groups in total. The van der Waals surface area contributed by atoms with E-state index in [2.05, 4.69) is 20.4 Å². The lowest BCUT2D eigenvalue weighted by Crippen LogP contribution is -2.34. The molecule has 31 heavy (non-hydrogen) atoms. The summed E-state index contributed by atoms with van der Waals surface area (Å²) in [6, 6.07) is 9.86. The predicted octanol–water partition coefficient (Wildman–Crippen LogP) is 2.48. The van der Waals surface area contributed by atoms with Gasteiger partial charge < -0.3 is 9.64 Å². The monoisotopic (exact) mass is 440 g/mol. The molecule has 162 valence electrons. The second-order valence-corrected chi connectivity index (χ2v) is 8.39. The van der Waals surface area contributed by atoms with Crippen LogP contribution in [0.5, 0.6) is 0 Å². The third kappa shape index (κ3) is 4.64. The third-order valence-electron chi connectivity index (χ3n) is 5.16. The number of aromatic nitrogens is 4. The lowest BCUT2D eigenvalue weighted by Gasteiger charge is -2.21. The molecule has 0 aliphatic carbocycles. The van der Waals surface area contributed by atoms with Crippen LogP contribution in [-0.2, 0) is 27.5 Å². The van der Waals surface area contributed by atoms with E-state index in [4.69, 9.17) is 4.74 Å². The molecule has 1 aliphatic rings. The van der Waals surface area contributed by atoms with Crippen molar-refractivity contribution < 1.29 is 14.3 Å². The molecule has 1 saturated heterocycles. The zero-order valence-electron chi connectivity index (χ0n) is 17.4. The van der Waals surface area contributed by atoms with Crippen LogP contribution in [0.2, 0.25) is 0 Å². The summed E-state index contributed by atoms with van der Waals surface area (Å²) in [7, 11) is 1.75. The number of nitrogens with one attached hydrogen (secondary N) is 1. The molecule has 1 fully saturated rings. The summed E-state index contributed by atoms with van der Waals surface area (Å²) in [5, 5.41) is 16.6. The van der Waals surface area contributed by atoms with Crippen molar-refractivity contribution in [3.8, 4) is 11.3 Å². The predicted molar refractivity (Wildman–Crippen MR) is 116 cm³/mol. The van der Waals surface area contributed by atoms with Crippen molar-refractivity contribution in [2.75, 3.05) is 25.1 Å². The molecule has 2 amide bonds. The van der Waals surface area contributed by atoms with E-state index in [0.29, 0.717) is 36.4 Å². The Bertz CT molecular complexity index is 1050. The van der Waals surface area contributed by atoms with Gasteiger partial charge in [0.25, 0.3) is 0 Å². The maximum Gasteiger partial charge on any atom is 0.229 e. The van der Waals surface area contributed by atoms with Gasteiger partial charge in [-0.1, -0.05) is 41.7 Å². The minimum atomic E-state index is -0.413. The van der Waals surface area contributed by atoms with Crippen LogP contribution in [0.4, 0.5) is 5.13 Å². The van der Waals surface area contributed by atoms with Gasteiger partial charge in [0.1, 0.15) is 11.6 Å². The van der Waals surface area contributed by atoms with E-state index < -0.39 is 5.92 Å². The Morgan fingerprint density at radius 2 is 2.13 bits per heavy atom. The van der Waals surface area contributed by atoms with Crippen LogP contribution in [0.3, 0.4) is 0 Å². The first kappa shape index (κ1) is 21.1.